The van der Waals surface area contributed by atoms with E-state index < -0.39 is 0 Å². The first-order valence-electron chi connectivity index (χ1n) is 6.57. The third-order valence-corrected chi connectivity index (χ3v) is 2.96. The number of anilines is 1. The summed E-state index contributed by atoms with van der Waals surface area (Å²) < 4.78 is 12.8. The molecule has 6 heteroatoms. The van der Waals surface area contributed by atoms with Gasteiger partial charge in [0.15, 0.2) is 0 Å². The summed E-state index contributed by atoms with van der Waals surface area (Å²) in [4.78, 5) is 16.1. The Balaban J connectivity index is 1.96. The smallest absolute Gasteiger partial charge is 0.270 e. The molecule has 1 amide bonds. The van der Waals surface area contributed by atoms with Crippen LogP contribution in [-0.2, 0) is 6.42 Å². The van der Waals surface area contributed by atoms with Crippen molar-refractivity contribution in [2.75, 3.05) is 5.43 Å². The summed E-state index contributed by atoms with van der Waals surface area (Å²) in [6.45, 7) is 1.88. The number of hydrogen-bond acceptors (Lipinski definition) is 4. The van der Waals surface area contributed by atoms with Crippen LogP contribution in [0.1, 0.15) is 23.0 Å². The molecule has 1 unspecified atom stereocenters. The van der Waals surface area contributed by atoms with E-state index >= 15 is 0 Å². The van der Waals surface area contributed by atoms with E-state index in [1.807, 2.05) is 6.92 Å². The number of nitrogens with one attached hydrogen (secondary N) is 2. The fraction of sp³-hybridized carbons (Fsp3) is 0.200. The zero-order chi connectivity index (χ0) is 15.2. The summed E-state index contributed by atoms with van der Waals surface area (Å²) in [6, 6.07) is 11.1. The SMILES string of the molecule is CC(Cc1ccc(F)cc1)NC(=O)c1cccc(NN)n1. The predicted molar refractivity (Wildman–Crippen MR) is 79.1 cm³/mol. The quantitative estimate of drug-likeness (QED) is 0.579. The molecule has 0 saturated carbocycles. The Morgan fingerprint density at radius 2 is 2.00 bits per heavy atom. The number of hydrazine groups is 1. The van der Waals surface area contributed by atoms with Gasteiger partial charge >= 0.3 is 0 Å². The number of nitrogen functional groups attached to an aromatic ring is 1. The highest BCUT2D eigenvalue weighted by atomic mass is 19.1. The number of halogens is 1. The van der Waals surface area contributed by atoms with E-state index in [-0.39, 0.29) is 23.5 Å². The van der Waals surface area contributed by atoms with Gasteiger partial charge in [0.1, 0.15) is 17.3 Å². The molecule has 0 fully saturated rings. The molecule has 2 rings (SSSR count). The minimum Gasteiger partial charge on any atom is -0.348 e. The van der Waals surface area contributed by atoms with Crippen molar-refractivity contribution >= 4 is 11.7 Å². The summed E-state index contributed by atoms with van der Waals surface area (Å²) in [6.07, 6.45) is 0.612. The Bertz CT molecular complexity index is 615. The minimum atomic E-state index is -0.276. The average Bonchev–Trinajstić information content (AvgIpc) is 2.49. The summed E-state index contributed by atoms with van der Waals surface area (Å²) in [5, 5.41) is 2.85. The van der Waals surface area contributed by atoms with Gasteiger partial charge < -0.3 is 10.7 Å². The molecule has 0 radical (unpaired) electrons. The van der Waals surface area contributed by atoms with E-state index in [1.165, 1.54) is 12.1 Å². The molecule has 5 nitrogen and oxygen atoms in total. The lowest BCUT2D eigenvalue weighted by Gasteiger charge is -2.14. The zero-order valence-corrected chi connectivity index (χ0v) is 11.6. The monoisotopic (exact) mass is 288 g/mol. The third kappa shape index (κ3) is 4.25. The minimum absolute atomic E-state index is 0.0979. The molecular weight excluding hydrogens is 271 g/mol. The van der Waals surface area contributed by atoms with Crippen LogP contribution in [0.3, 0.4) is 0 Å². The number of aromatic nitrogens is 1. The highest BCUT2D eigenvalue weighted by Gasteiger charge is 2.12. The highest BCUT2D eigenvalue weighted by molar-refractivity contribution is 5.92. The van der Waals surface area contributed by atoms with Crippen LogP contribution in [0.25, 0.3) is 0 Å². The predicted octanol–water partition coefficient (Wildman–Crippen LogP) is 1.87. The Labute approximate surface area is 122 Å². The van der Waals surface area contributed by atoms with Gasteiger partial charge in [-0.15, -0.1) is 0 Å². The maximum atomic E-state index is 12.8. The van der Waals surface area contributed by atoms with E-state index in [4.69, 9.17) is 5.84 Å². The summed E-state index contributed by atoms with van der Waals surface area (Å²) in [7, 11) is 0. The molecule has 110 valence electrons. The van der Waals surface area contributed by atoms with E-state index in [2.05, 4.69) is 15.7 Å². The van der Waals surface area contributed by atoms with Crippen LogP contribution in [-0.4, -0.2) is 16.9 Å². The second-order valence-electron chi connectivity index (χ2n) is 4.76. The number of rotatable bonds is 5. The van der Waals surface area contributed by atoms with Crippen LogP contribution in [0.4, 0.5) is 10.2 Å². The molecule has 0 aliphatic rings. The largest absolute Gasteiger partial charge is 0.348 e. The fourth-order valence-electron chi connectivity index (χ4n) is 1.96. The Morgan fingerprint density at radius 3 is 2.67 bits per heavy atom. The van der Waals surface area contributed by atoms with E-state index in [1.54, 1.807) is 30.3 Å². The van der Waals surface area contributed by atoms with Crippen LogP contribution >= 0.6 is 0 Å². The van der Waals surface area contributed by atoms with Crippen LogP contribution in [0, 0.1) is 5.82 Å². The highest BCUT2D eigenvalue weighted by Crippen LogP contribution is 2.07. The second-order valence-corrected chi connectivity index (χ2v) is 4.76. The molecule has 0 aliphatic heterocycles. The van der Waals surface area contributed by atoms with Crippen LogP contribution < -0.4 is 16.6 Å². The molecule has 1 aromatic heterocycles. The van der Waals surface area contributed by atoms with Gasteiger partial charge in [0.2, 0.25) is 0 Å². The van der Waals surface area contributed by atoms with E-state index in [9.17, 15) is 9.18 Å². The van der Waals surface area contributed by atoms with Gasteiger partial charge in [-0.1, -0.05) is 18.2 Å². The van der Waals surface area contributed by atoms with Gasteiger partial charge in [-0.25, -0.2) is 15.2 Å². The molecule has 0 bridgehead atoms. The van der Waals surface area contributed by atoms with Gasteiger partial charge in [0.05, 0.1) is 0 Å². The van der Waals surface area contributed by atoms with Crippen molar-refractivity contribution in [1.82, 2.24) is 10.3 Å². The maximum absolute atomic E-state index is 12.8. The summed E-state index contributed by atoms with van der Waals surface area (Å²) in [5.41, 5.74) is 3.64. The van der Waals surface area contributed by atoms with Crippen LogP contribution in [0.15, 0.2) is 42.5 Å². The van der Waals surface area contributed by atoms with Gasteiger partial charge in [0.25, 0.3) is 5.91 Å². The topological polar surface area (TPSA) is 80.0 Å². The zero-order valence-electron chi connectivity index (χ0n) is 11.6. The fourth-order valence-corrected chi connectivity index (χ4v) is 1.96. The van der Waals surface area contributed by atoms with E-state index in [0.717, 1.165) is 5.56 Å². The maximum Gasteiger partial charge on any atom is 0.270 e. The molecule has 1 heterocycles. The van der Waals surface area contributed by atoms with Gasteiger partial charge in [-0.3, -0.25) is 4.79 Å². The number of benzene rings is 1. The second kappa shape index (κ2) is 6.81. The Kier molecular flexibility index (Phi) is 4.84. The number of nitrogens with zero attached hydrogens (tertiary/aromatic N) is 1. The van der Waals surface area contributed by atoms with Crippen molar-refractivity contribution in [2.24, 2.45) is 5.84 Å². The Hall–Kier alpha value is -2.47. The number of pyridine rings is 1. The normalized spacial score (nSPS) is 11.8. The number of carbonyl (C=O) groups excluding carboxylic acids is 1. The van der Waals surface area contributed by atoms with Gasteiger partial charge in [-0.2, -0.15) is 0 Å². The molecule has 1 atom stereocenters. The van der Waals surface area contributed by atoms with Crippen molar-refractivity contribution in [2.45, 2.75) is 19.4 Å². The third-order valence-electron chi connectivity index (χ3n) is 2.96. The Morgan fingerprint density at radius 1 is 1.29 bits per heavy atom. The molecule has 4 N–H and O–H groups in total. The lowest BCUT2D eigenvalue weighted by atomic mass is 10.1. The van der Waals surface area contributed by atoms with Gasteiger partial charge in [-0.05, 0) is 43.2 Å². The van der Waals surface area contributed by atoms with Crippen molar-refractivity contribution in [3.63, 3.8) is 0 Å². The van der Waals surface area contributed by atoms with Crippen molar-refractivity contribution < 1.29 is 9.18 Å². The van der Waals surface area contributed by atoms with Crippen molar-refractivity contribution in [3.8, 4) is 0 Å². The molecule has 2 aromatic rings. The molecule has 21 heavy (non-hydrogen) atoms. The lowest BCUT2D eigenvalue weighted by Crippen LogP contribution is -2.34. The first kappa shape index (κ1) is 14.9. The number of nitrogens with two attached hydrogens (primary N) is 1. The summed E-state index contributed by atoms with van der Waals surface area (Å²) >= 11 is 0. The van der Waals surface area contributed by atoms with Crippen molar-refractivity contribution in [3.05, 3.63) is 59.5 Å². The molecule has 0 spiro atoms. The van der Waals surface area contributed by atoms with Crippen LogP contribution in [0.2, 0.25) is 0 Å². The average molecular weight is 288 g/mol. The van der Waals surface area contributed by atoms with Crippen molar-refractivity contribution in [1.29, 1.82) is 0 Å². The molecule has 0 aliphatic carbocycles. The molecular formula is C15H17FN4O. The molecule has 0 saturated heterocycles. The first-order chi connectivity index (χ1) is 10.1. The number of hydrogen-bond donors (Lipinski definition) is 3. The standard InChI is InChI=1S/C15H17FN4O/c1-10(9-11-5-7-12(16)8-6-11)18-15(21)13-3-2-4-14(19-13)20-17/h2-8,10H,9,17H2,1H3,(H,18,21)(H,19,20). The number of amides is 1. The molecule has 1 aromatic carbocycles. The van der Waals surface area contributed by atoms with Gasteiger partial charge in [0, 0.05) is 6.04 Å². The number of carbonyl (C=O) groups is 1. The summed E-state index contributed by atoms with van der Waals surface area (Å²) in [5.74, 6) is 5.14. The van der Waals surface area contributed by atoms with Crippen LogP contribution in [0.5, 0.6) is 0 Å². The first-order valence-corrected chi connectivity index (χ1v) is 6.57. The lowest BCUT2D eigenvalue weighted by molar-refractivity contribution is 0.0935. The van der Waals surface area contributed by atoms with E-state index in [0.29, 0.717) is 12.2 Å².